The number of amides is 1. The highest BCUT2D eigenvalue weighted by molar-refractivity contribution is 5.92. The highest BCUT2D eigenvalue weighted by Crippen LogP contribution is 2.06. The lowest BCUT2D eigenvalue weighted by Crippen LogP contribution is -2.35. The molecule has 0 unspecified atom stereocenters. The van der Waals surface area contributed by atoms with Crippen LogP contribution in [0, 0.1) is 17.2 Å². The van der Waals surface area contributed by atoms with E-state index >= 15 is 0 Å². The molecule has 0 fully saturated rings. The van der Waals surface area contributed by atoms with Crippen molar-refractivity contribution in [2.24, 2.45) is 5.92 Å². The smallest absolute Gasteiger partial charge is 0.276 e. The van der Waals surface area contributed by atoms with Crippen molar-refractivity contribution >= 4 is 5.91 Å². The van der Waals surface area contributed by atoms with Crippen LogP contribution in [0.3, 0.4) is 0 Å². The van der Waals surface area contributed by atoms with Gasteiger partial charge in [-0.15, -0.1) is 0 Å². The molecule has 0 saturated heterocycles. The third-order valence-corrected chi connectivity index (χ3v) is 2.02. The zero-order chi connectivity index (χ0) is 12.0. The first-order valence-electron chi connectivity index (χ1n) is 5.21. The normalized spacial score (nSPS) is 10.1. The molecule has 1 aromatic rings. The monoisotopic (exact) mass is 221 g/mol. The Hall–Kier alpha value is -1.83. The van der Waals surface area contributed by atoms with E-state index in [0.717, 1.165) is 0 Å². The largest absolute Gasteiger partial charge is 0.364 e. The van der Waals surface area contributed by atoms with Crippen LogP contribution in [0.5, 0.6) is 0 Å². The number of carbonyl (C=O) groups excluding carboxylic acids is 1. The summed E-state index contributed by atoms with van der Waals surface area (Å²) < 4.78 is 4.63. The first-order chi connectivity index (χ1) is 7.65. The molecule has 1 amide bonds. The van der Waals surface area contributed by atoms with Crippen molar-refractivity contribution in [1.29, 1.82) is 5.26 Å². The molecule has 0 aromatic carbocycles. The Labute approximate surface area is 94.6 Å². The summed E-state index contributed by atoms with van der Waals surface area (Å²) >= 11 is 0. The molecule has 16 heavy (non-hydrogen) atoms. The summed E-state index contributed by atoms with van der Waals surface area (Å²) in [5.41, 5.74) is 0.290. The zero-order valence-corrected chi connectivity index (χ0v) is 9.51. The number of hydrogen-bond donors (Lipinski definition) is 0. The molecule has 1 rings (SSSR count). The Balaban J connectivity index is 2.68. The maximum atomic E-state index is 11.9. The molecule has 86 valence electrons. The summed E-state index contributed by atoms with van der Waals surface area (Å²) in [6, 6.07) is 3.56. The molecular weight excluding hydrogens is 206 g/mol. The SMILES string of the molecule is CC(C)CN(CCC#N)C(=O)c1ccon1. The molecule has 0 N–H and O–H groups in total. The average molecular weight is 221 g/mol. The number of rotatable bonds is 5. The molecule has 0 spiro atoms. The van der Waals surface area contributed by atoms with E-state index in [-0.39, 0.29) is 5.91 Å². The van der Waals surface area contributed by atoms with Crippen molar-refractivity contribution in [2.45, 2.75) is 20.3 Å². The minimum atomic E-state index is -0.183. The molecule has 0 radical (unpaired) electrons. The van der Waals surface area contributed by atoms with Gasteiger partial charge in [0.15, 0.2) is 5.69 Å². The lowest BCUT2D eigenvalue weighted by Gasteiger charge is -2.22. The van der Waals surface area contributed by atoms with Crippen molar-refractivity contribution in [3.63, 3.8) is 0 Å². The van der Waals surface area contributed by atoms with E-state index in [1.54, 1.807) is 4.90 Å². The van der Waals surface area contributed by atoms with Crippen molar-refractivity contribution in [1.82, 2.24) is 10.1 Å². The number of nitriles is 1. The standard InChI is InChI=1S/C11H15N3O2/c1-9(2)8-14(6-3-5-12)11(15)10-4-7-16-13-10/h4,7,9H,3,6,8H2,1-2H3. The third-order valence-electron chi connectivity index (χ3n) is 2.02. The molecule has 0 aliphatic heterocycles. The van der Waals surface area contributed by atoms with Gasteiger partial charge in [0.05, 0.1) is 12.5 Å². The third kappa shape index (κ3) is 3.39. The quantitative estimate of drug-likeness (QED) is 0.758. The van der Waals surface area contributed by atoms with Gasteiger partial charge >= 0.3 is 0 Å². The van der Waals surface area contributed by atoms with E-state index in [1.165, 1.54) is 12.3 Å². The molecule has 5 nitrogen and oxygen atoms in total. The van der Waals surface area contributed by atoms with Crippen LogP contribution in [0.4, 0.5) is 0 Å². The second-order valence-electron chi connectivity index (χ2n) is 3.94. The maximum Gasteiger partial charge on any atom is 0.276 e. The van der Waals surface area contributed by atoms with Crippen LogP contribution in [0.1, 0.15) is 30.8 Å². The van der Waals surface area contributed by atoms with Crippen molar-refractivity contribution in [3.05, 3.63) is 18.0 Å². The molecule has 1 aromatic heterocycles. The van der Waals surface area contributed by atoms with E-state index < -0.39 is 0 Å². The van der Waals surface area contributed by atoms with Crippen LogP contribution in [-0.4, -0.2) is 29.1 Å². The van der Waals surface area contributed by atoms with Gasteiger partial charge in [0.1, 0.15) is 6.26 Å². The van der Waals surface area contributed by atoms with Crippen LogP contribution in [-0.2, 0) is 0 Å². The number of nitrogens with zero attached hydrogens (tertiary/aromatic N) is 3. The fraction of sp³-hybridized carbons (Fsp3) is 0.545. The topological polar surface area (TPSA) is 70.1 Å². The van der Waals surface area contributed by atoms with Crippen LogP contribution in [0.15, 0.2) is 16.9 Å². The lowest BCUT2D eigenvalue weighted by molar-refractivity contribution is 0.0729. The number of carbonyl (C=O) groups is 1. The van der Waals surface area contributed by atoms with Crippen LogP contribution in [0.2, 0.25) is 0 Å². The Bertz CT molecular complexity index is 365. The molecular formula is C11H15N3O2. The maximum absolute atomic E-state index is 11.9. The van der Waals surface area contributed by atoms with Crippen molar-refractivity contribution < 1.29 is 9.32 Å². The van der Waals surface area contributed by atoms with Gasteiger partial charge in [-0.05, 0) is 5.92 Å². The second-order valence-corrected chi connectivity index (χ2v) is 3.94. The Morgan fingerprint density at radius 3 is 2.94 bits per heavy atom. The van der Waals surface area contributed by atoms with Gasteiger partial charge < -0.3 is 9.42 Å². The summed E-state index contributed by atoms with van der Waals surface area (Å²) in [4.78, 5) is 13.6. The van der Waals surface area contributed by atoms with E-state index in [0.29, 0.717) is 31.1 Å². The minimum Gasteiger partial charge on any atom is -0.364 e. The predicted octanol–water partition coefficient (Wildman–Crippen LogP) is 1.69. The van der Waals surface area contributed by atoms with Crippen molar-refractivity contribution in [3.8, 4) is 6.07 Å². The molecule has 0 bridgehead atoms. The molecule has 0 atom stereocenters. The average Bonchev–Trinajstić information content (AvgIpc) is 2.76. The van der Waals surface area contributed by atoms with Gasteiger partial charge in [0.2, 0.25) is 0 Å². The Morgan fingerprint density at radius 2 is 2.44 bits per heavy atom. The first kappa shape index (κ1) is 12.2. The fourth-order valence-corrected chi connectivity index (χ4v) is 1.39. The Kier molecular flexibility index (Phi) is 4.52. The molecule has 0 aliphatic carbocycles. The highest BCUT2D eigenvalue weighted by Gasteiger charge is 2.18. The number of hydrogen-bond acceptors (Lipinski definition) is 4. The van der Waals surface area contributed by atoms with E-state index in [4.69, 9.17) is 5.26 Å². The van der Waals surface area contributed by atoms with Gasteiger partial charge in [-0.25, -0.2) is 0 Å². The van der Waals surface area contributed by atoms with E-state index in [2.05, 4.69) is 9.68 Å². The molecule has 5 heteroatoms. The summed E-state index contributed by atoms with van der Waals surface area (Å²) in [5.74, 6) is 0.173. The second kappa shape index (κ2) is 5.91. The molecule has 0 aliphatic rings. The van der Waals surface area contributed by atoms with E-state index in [9.17, 15) is 4.79 Å². The zero-order valence-electron chi connectivity index (χ0n) is 9.51. The first-order valence-corrected chi connectivity index (χ1v) is 5.21. The van der Waals surface area contributed by atoms with Gasteiger partial charge in [0.25, 0.3) is 5.91 Å². The number of aromatic nitrogens is 1. The molecule has 1 heterocycles. The van der Waals surface area contributed by atoms with Gasteiger partial charge in [-0.3, -0.25) is 4.79 Å². The highest BCUT2D eigenvalue weighted by atomic mass is 16.5. The van der Waals surface area contributed by atoms with Gasteiger partial charge in [-0.1, -0.05) is 19.0 Å². The van der Waals surface area contributed by atoms with Crippen LogP contribution < -0.4 is 0 Å². The van der Waals surface area contributed by atoms with Crippen LogP contribution in [0.25, 0.3) is 0 Å². The fourth-order valence-electron chi connectivity index (χ4n) is 1.39. The van der Waals surface area contributed by atoms with Gasteiger partial charge in [0, 0.05) is 19.2 Å². The van der Waals surface area contributed by atoms with Crippen molar-refractivity contribution in [2.75, 3.05) is 13.1 Å². The molecule has 0 saturated carbocycles. The van der Waals surface area contributed by atoms with Crippen LogP contribution >= 0.6 is 0 Å². The summed E-state index contributed by atoms with van der Waals surface area (Å²) in [6.07, 6.45) is 1.70. The summed E-state index contributed by atoms with van der Waals surface area (Å²) in [5, 5.41) is 12.1. The Morgan fingerprint density at radius 1 is 1.69 bits per heavy atom. The predicted molar refractivity (Wildman–Crippen MR) is 57.5 cm³/mol. The van der Waals surface area contributed by atoms with Gasteiger partial charge in [-0.2, -0.15) is 5.26 Å². The lowest BCUT2D eigenvalue weighted by atomic mass is 10.2. The minimum absolute atomic E-state index is 0.183. The van der Waals surface area contributed by atoms with E-state index in [1.807, 2.05) is 19.9 Å². The summed E-state index contributed by atoms with van der Waals surface area (Å²) in [6.45, 7) is 5.10. The summed E-state index contributed by atoms with van der Waals surface area (Å²) in [7, 11) is 0.